The van der Waals surface area contributed by atoms with E-state index in [1.54, 1.807) is 0 Å². The largest absolute Gasteiger partial charge is 0.364 e. The van der Waals surface area contributed by atoms with Crippen molar-refractivity contribution in [1.82, 2.24) is 4.90 Å². The second-order valence-corrected chi connectivity index (χ2v) is 5.48. The fourth-order valence-corrected chi connectivity index (χ4v) is 2.95. The summed E-state index contributed by atoms with van der Waals surface area (Å²) < 4.78 is 0.963. The molecule has 1 fully saturated rings. The van der Waals surface area contributed by atoms with Crippen molar-refractivity contribution in [2.75, 3.05) is 38.1 Å². The van der Waals surface area contributed by atoms with Crippen molar-refractivity contribution in [3.63, 3.8) is 0 Å². The molecule has 0 saturated carbocycles. The second kappa shape index (κ2) is 5.70. The van der Waals surface area contributed by atoms with Crippen LogP contribution in [0.4, 0.5) is 5.69 Å². The number of hydrogen-bond acceptors (Lipinski definition) is 4. The van der Waals surface area contributed by atoms with Gasteiger partial charge in [-0.1, -0.05) is 0 Å². The first-order valence-electron chi connectivity index (χ1n) is 6.00. The lowest BCUT2D eigenvalue weighted by atomic mass is 10.1. The van der Waals surface area contributed by atoms with Gasteiger partial charge in [-0.25, -0.2) is 0 Å². The van der Waals surface area contributed by atoms with Crippen molar-refractivity contribution in [2.24, 2.45) is 5.73 Å². The van der Waals surface area contributed by atoms with Gasteiger partial charge in [0.05, 0.1) is 23.4 Å². The minimum absolute atomic E-state index is 0.327. The molecular weight excluding hydrogens is 292 g/mol. The Labute approximate surface area is 116 Å². The van der Waals surface area contributed by atoms with Crippen LogP contribution in [0.5, 0.6) is 0 Å². The van der Waals surface area contributed by atoms with Gasteiger partial charge >= 0.3 is 0 Å². The van der Waals surface area contributed by atoms with Gasteiger partial charge in [0, 0.05) is 30.7 Å². The van der Waals surface area contributed by atoms with E-state index in [1.807, 2.05) is 18.2 Å². The fraction of sp³-hybridized carbons (Fsp3) is 0.462. The number of rotatable bonds is 2. The molecule has 1 aromatic rings. The average Bonchev–Trinajstić information content (AvgIpc) is 2.39. The van der Waals surface area contributed by atoms with Gasteiger partial charge < -0.3 is 15.5 Å². The maximum absolute atomic E-state index is 8.89. The molecular formula is C13H17BrN4. The quantitative estimate of drug-likeness (QED) is 0.897. The predicted octanol–water partition coefficient (Wildman–Crippen LogP) is 1.40. The van der Waals surface area contributed by atoms with Crippen molar-refractivity contribution in [3.8, 4) is 6.07 Å². The summed E-state index contributed by atoms with van der Waals surface area (Å²) in [4.78, 5) is 4.62. The molecule has 18 heavy (non-hydrogen) atoms. The minimum atomic E-state index is 0.327. The number of anilines is 1. The highest BCUT2D eigenvalue weighted by Crippen LogP contribution is 2.29. The molecule has 1 heterocycles. The summed E-state index contributed by atoms with van der Waals surface area (Å²) >= 11 is 3.55. The van der Waals surface area contributed by atoms with Crippen LogP contribution < -0.4 is 10.6 Å². The third-order valence-electron chi connectivity index (χ3n) is 3.34. The Kier molecular flexibility index (Phi) is 4.23. The van der Waals surface area contributed by atoms with Gasteiger partial charge in [0.1, 0.15) is 0 Å². The van der Waals surface area contributed by atoms with E-state index in [2.05, 4.69) is 38.8 Å². The maximum Gasteiger partial charge on any atom is 0.0992 e. The highest BCUT2D eigenvalue weighted by Gasteiger charge is 2.25. The molecule has 1 aliphatic rings. The number of nitrogens with two attached hydrogens (primary N) is 1. The van der Waals surface area contributed by atoms with Crippen LogP contribution in [-0.4, -0.2) is 44.2 Å². The molecule has 0 bridgehead atoms. The highest BCUT2D eigenvalue weighted by molar-refractivity contribution is 9.10. The first-order valence-corrected chi connectivity index (χ1v) is 6.80. The van der Waals surface area contributed by atoms with Gasteiger partial charge in [0.25, 0.3) is 0 Å². The third kappa shape index (κ3) is 2.66. The van der Waals surface area contributed by atoms with E-state index in [-0.39, 0.29) is 0 Å². The van der Waals surface area contributed by atoms with Crippen molar-refractivity contribution < 1.29 is 0 Å². The van der Waals surface area contributed by atoms with E-state index in [4.69, 9.17) is 11.0 Å². The number of halogens is 1. The van der Waals surface area contributed by atoms with Crippen LogP contribution in [0.2, 0.25) is 0 Å². The molecule has 2 rings (SSSR count). The summed E-state index contributed by atoms with van der Waals surface area (Å²) in [7, 11) is 2.12. The normalized spacial score (nSPS) is 20.8. The zero-order valence-electron chi connectivity index (χ0n) is 10.4. The van der Waals surface area contributed by atoms with Crippen LogP contribution in [0.3, 0.4) is 0 Å². The van der Waals surface area contributed by atoms with E-state index in [1.165, 1.54) is 0 Å². The summed E-state index contributed by atoms with van der Waals surface area (Å²) in [5.74, 6) is 0. The summed E-state index contributed by atoms with van der Waals surface area (Å²) in [6.45, 7) is 3.60. The molecule has 1 aromatic carbocycles. The predicted molar refractivity (Wildman–Crippen MR) is 76.5 cm³/mol. The Morgan fingerprint density at radius 3 is 2.89 bits per heavy atom. The van der Waals surface area contributed by atoms with Gasteiger partial charge in [-0.05, 0) is 41.2 Å². The monoisotopic (exact) mass is 308 g/mol. The standard InChI is InChI=1S/C13H17BrN4/c1-17-4-5-18(11(8-16)9-17)13-3-2-10(7-15)6-12(13)14/h2-3,6,11H,4-5,8-9,16H2,1H3. The maximum atomic E-state index is 8.89. The highest BCUT2D eigenvalue weighted by atomic mass is 79.9. The Balaban J connectivity index is 2.27. The van der Waals surface area contributed by atoms with Crippen LogP contribution in [0.15, 0.2) is 22.7 Å². The molecule has 5 heteroatoms. The number of nitrogens with zero attached hydrogens (tertiary/aromatic N) is 3. The summed E-state index contributed by atoms with van der Waals surface area (Å²) in [5.41, 5.74) is 7.66. The molecule has 96 valence electrons. The first kappa shape index (κ1) is 13.3. The minimum Gasteiger partial charge on any atom is -0.364 e. The molecule has 0 spiro atoms. The molecule has 1 unspecified atom stereocenters. The van der Waals surface area contributed by atoms with E-state index >= 15 is 0 Å². The zero-order valence-corrected chi connectivity index (χ0v) is 12.0. The Bertz CT molecular complexity index is 469. The molecule has 1 aliphatic heterocycles. The second-order valence-electron chi connectivity index (χ2n) is 4.62. The number of piperazine rings is 1. The van der Waals surface area contributed by atoms with E-state index in [0.717, 1.165) is 29.8 Å². The topological polar surface area (TPSA) is 56.3 Å². The molecule has 2 N–H and O–H groups in total. The molecule has 1 saturated heterocycles. The van der Waals surface area contributed by atoms with Crippen LogP contribution in [0.25, 0.3) is 0 Å². The van der Waals surface area contributed by atoms with Crippen molar-refractivity contribution in [2.45, 2.75) is 6.04 Å². The van der Waals surface area contributed by atoms with E-state index in [0.29, 0.717) is 18.2 Å². The lowest BCUT2D eigenvalue weighted by molar-refractivity contribution is 0.269. The molecule has 0 aromatic heterocycles. The van der Waals surface area contributed by atoms with Crippen molar-refractivity contribution in [1.29, 1.82) is 5.26 Å². The fourth-order valence-electron chi connectivity index (χ4n) is 2.34. The summed E-state index contributed by atoms with van der Waals surface area (Å²) in [5, 5.41) is 8.89. The zero-order chi connectivity index (χ0) is 13.1. The lowest BCUT2D eigenvalue weighted by Gasteiger charge is -2.41. The SMILES string of the molecule is CN1CCN(c2ccc(C#N)cc2Br)C(CN)C1. The van der Waals surface area contributed by atoms with Crippen LogP contribution in [0, 0.1) is 11.3 Å². The van der Waals surface area contributed by atoms with E-state index < -0.39 is 0 Å². The number of nitriles is 1. The average molecular weight is 309 g/mol. The van der Waals surface area contributed by atoms with Crippen molar-refractivity contribution >= 4 is 21.6 Å². The van der Waals surface area contributed by atoms with Gasteiger partial charge in [-0.3, -0.25) is 0 Å². The van der Waals surface area contributed by atoms with E-state index in [9.17, 15) is 0 Å². The van der Waals surface area contributed by atoms with Gasteiger partial charge in [0.15, 0.2) is 0 Å². The molecule has 0 radical (unpaired) electrons. The van der Waals surface area contributed by atoms with Crippen molar-refractivity contribution in [3.05, 3.63) is 28.2 Å². The van der Waals surface area contributed by atoms with Gasteiger partial charge in [0.2, 0.25) is 0 Å². The Morgan fingerprint density at radius 1 is 1.50 bits per heavy atom. The molecule has 4 nitrogen and oxygen atoms in total. The number of benzene rings is 1. The number of hydrogen-bond donors (Lipinski definition) is 1. The summed E-state index contributed by atoms with van der Waals surface area (Å²) in [6, 6.07) is 8.19. The Morgan fingerprint density at radius 2 is 2.28 bits per heavy atom. The van der Waals surface area contributed by atoms with Crippen LogP contribution in [-0.2, 0) is 0 Å². The molecule has 0 aliphatic carbocycles. The summed E-state index contributed by atoms with van der Waals surface area (Å²) in [6.07, 6.45) is 0. The third-order valence-corrected chi connectivity index (χ3v) is 3.98. The van der Waals surface area contributed by atoms with Crippen LogP contribution >= 0.6 is 15.9 Å². The lowest BCUT2D eigenvalue weighted by Crippen LogP contribution is -2.55. The molecule has 0 amide bonds. The first-order chi connectivity index (χ1) is 8.65. The smallest absolute Gasteiger partial charge is 0.0992 e. The van der Waals surface area contributed by atoms with Crippen LogP contribution in [0.1, 0.15) is 5.56 Å². The van der Waals surface area contributed by atoms with Gasteiger partial charge in [-0.2, -0.15) is 5.26 Å². The Hall–Kier alpha value is -1.09. The molecule has 1 atom stereocenters. The van der Waals surface area contributed by atoms with Gasteiger partial charge in [-0.15, -0.1) is 0 Å². The number of likely N-dealkylation sites (N-methyl/N-ethyl adjacent to an activating group) is 1.